The van der Waals surface area contributed by atoms with Crippen molar-refractivity contribution in [2.24, 2.45) is 0 Å². The second kappa shape index (κ2) is 4.37. The quantitative estimate of drug-likeness (QED) is 0.839. The lowest BCUT2D eigenvalue weighted by Gasteiger charge is -2.28. The Morgan fingerprint density at radius 1 is 1.29 bits per heavy atom. The zero-order valence-corrected chi connectivity index (χ0v) is 9.80. The molecule has 2 fully saturated rings. The van der Waals surface area contributed by atoms with E-state index >= 15 is 0 Å². The molecule has 0 radical (unpaired) electrons. The van der Waals surface area contributed by atoms with Crippen molar-refractivity contribution in [2.75, 3.05) is 13.1 Å². The summed E-state index contributed by atoms with van der Waals surface area (Å²) in [7, 11) is 0. The summed E-state index contributed by atoms with van der Waals surface area (Å²) in [6.45, 7) is 2.48. The van der Waals surface area contributed by atoms with Crippen LogP contribution >= 0.6 is 0 Å². The average molecular weight is 231 g/mol. The topological polar surface area (TPSA) is 35.6 Å². The van der Waals surface area contributed by atoms with Gasteiger partial charge in [0, 0.05) is 19.6 Å². The molecule has 2 heterocycles. The average Bonchev–Trinajstić information content (AvgIpc) is 2.68. The van der Waals surface area contributed by atoms with Crippen LogP contribution in [0.1, 0.15) is 18.4 Å². The predicted molar refractivity (Wildman–Crippen MR) is 65.1 cm³/mol. The molecule has 2 aliphatic heterocycles. The molecule has 4 nitrogen and oxygen atoms in total. The van der Waals surface area contributed by atoms with Crippen LogP contribution in [0, 0.1) is 0 Å². The number of fused-ring (bicyclic) bond motifs is 1. The monoisotopic (exact) mass is 231 g/mol. The van der Waals surface area contributed by atoms with E-state index < -0.39 is 0 Å². The number of nitrogens with zero attached hydrogens (tertiary/aromatic N) is 2. The third kappa shape index (κ3) is 2.00. The summed E-state index contributed by atoms with van der Waals surface area (Å²) in [6, 6.07) is 10.7. The number of nitrogens with one attached hydrogen (secondary N) is 1. The lowest BCUT2D eigenvalue weighted by Crippen LogP contribution is -2.49. The minimum Gasteiger partial charge on any atom is -0.317 e. The first-order valence-corrected chi connectivity index (χ1v) is 6.20. The molecular formula is C13H17N3O. The van der Waals surface area contributed by atoms with Crippen LogP contribution in [-0.4, -0.2) is 35.1 Å². The number of benzene rings is 1. The number of carbonyl (C=O) groups excluding carboxylic acids is 1. The van der Waals surface area contributed by atoms with Crippen molar-refractivity contribution < 1.29 is 4.79 Å². The van der Waals surface area contributed by atoms with Gasteiger partial charge in [0.25, 0.3) is 0 Å². The fraction of sp³-hybridized carbons (Fsp3) is 0.462. The molecule has 1 atom stereocenters. The first-order chi connectivity index (χ1) is 8.34. The molecule has 0 aromatic heterocycles. The van der Waals surface area contributed by atoms with Gasteiger partial charge in [0.2, 0.25) is 0 Å². The standard InChI is InChI=1S/C13H17N3O/c17-13-15(9-11-5-2-1-3-6-11)10-12-7-4-8-14-16(12)13/h1-3,5-6,12,14H,4,7-10H2/t12-/m1/s1. The number of carbonyl (C=O) groups is 1. The molecule has 90 valence electrons. The highest BCUT2D eigenvalue weighted by atomic mass is 16.2. The maximum Gasteiger partial charge on any atom is 0.335 e. The van der Waals surface area contributed by atoms with Gasteiger partial charge in [-0.3, -0.25) is 5.01 Å². The van der Waals surface area contributed by atoms with Crippen molar-refractivity contribution in [2.45, 2.75) is 25.4 Å². The Balaban J connectivity index is 1.71. The van der Waals surface area contributed by atoms with Gasteiger partial charge in [0.1, 0.15) is 0 Å². The highest BCUT2D eigenvalue weighted by molar-refractivity contribution is 5.76. The maximum atomic E-state index is 12.1. The van der Waals surface area contributed by atoms with Gasteiger partial charge in [0.05, 0.1) is 6.04 Å². The van der Waals surface area contributed by atoms with Gasteiger partial charge in [-0.25, -0.2) is 10.2 Å². The minimum absolute atomic E-state index is 0.124. The van der Waals surface area contributed by atoms with Crippen molar-refractivity contribution >= 4 is 6.03 Å². The van der Waals surface area contributed by atoms with E-state index in [0.29, 0.717) is 12.6 Å². The molecule has 0 saturated carbocycles. The van der Waals surface area contributed by atoms with Gasteiger partial charge in [-0.15, -0.1) is 0 Å². The Morgan fingerprint density at radius 2 is 2.12 bits per heavy atom. The number of urea groups is 1. The van der Waals surface area contributed by atoms with Crippen LogP contribution in [0.15, 0.2) is 30.3 Å². The third-order valence-corrected chi connectivity index (χ3v) is 3.49. The van der Waals surface area contributed by atoms with Crippen molar-refractivity contribution in [3.8, 4) is 0 Å². The molecular weight excluding hydrogens is 214 g/mol. The number of hydrogen-bond donors (Lipinski definition) is 1. The van der Waals surface area contributed by atoms with E-state index in [1.54, 1.807) is 0 Å². The number of amides is 2. The summed E-state index contributed by atoms with van der Waals surface area (Å²) in [6.07, 6.45) is 2.28. The molecule has 0 spiro atoms. The first-order valence-electron chi connectivity index (χ1n) is 6.20. The van der Waals surface area contributed by atoms with Crippen LogP contribution < -0.4 is 5.43 Å². The second-order valence-corrected chi connectivity index (χ2v) is 4.72. The first kappa shape index (κ1) is 10.6. The van der Waals surface area contributed by atoms with Crippen LogP contribution in [0.3, 0.4) is 0 Å². The van der Waals surface area contributed by atoms with Gasteiger partial charge < -0.3 is 4.90 Å². The third-order valence-electron chi connectivity index (χ3n) is 3.49. The lowest BCUT2D eigenvalue weighted by atomic mass is 10.1. The Morgan fingerprint density at radius 3 is 2.88 bits per heavy atom. The summed E-state index contributed by atoms with van der Waals surface area (Å²) < 4.78 is 0. The van der Waals surface area contributed by atoms with Gasteiger partial charge in [-0.05, 0) is 18.4 Å². The number of hydrogen-bond acceptors (Lipinski definition) is 2. The van der Waals surface area contributed by atoms with E-state index in [1.165, 1.54) is 5.56 Å². The fourth-order valence-corrected chi connectivity index (χ4v) is 2.61. The lowest BCUT2D eigenvalue weighted by molar-refractivity contribution is 0.139. The molecule has 0 bridgehead atoms. The molecule has 1 aromatic rings. The predicted octanol–water partition coefficient (Wildman–Crippen LogP) is 1.59. The second-order valence-electron chi connectivity index (χ2n) is 4.72. The molecule has 0 aliphatic carbocycles. The van der Waals surface area contributed by atoms with Crippen LogP contribution in [0.5, 0.6) is 0 Å². The van der Waals surface area contributed by atoms with Crippen molar-refractivity contribution in [1.29, 1.82) is 0 Å². The highest BCUT2D eigenvalue weighted by Gasteiger charge is 2.38. The van der Waals surface area contributed by atoms with Crippen molar-refractivity contribution in [3.63, 3.8) is 0 Å². The maximum absolute atomic E-state index is 12.1. The molecule has 1 N–H and O–H groups in total. The zero-order chi connectivity index (χ0) is 11.7. The molecule has 17 heavy (non-hydrogen) atoms. The Labute approximate surface area is 101 Å². The number of rotatable bonds is 2. The molecule has 2 saturated heterocycles. The largest absolute Gasteiger partial charge is 0.335 e. The van der Waals surface area contributed by atoms with Crippen LogP contribution in [-0.2, 0) is 6.54 Å². The summed E-state index contributed by atoms with van der Waals surface area (Å²) in [5, 5.41) is 1.81. The minimum atomic E-state index is 0.124. The van der Waals surface area contributed by atoms with Crippen LogP contribution in [0.4, 0.5) is 4.79 Å². The van der Waals surface area contributed by atoms with Gasteiger partial charge in [0.15, 0.2) is 0 Å². The number of hydrazine groups is 1. The smallest absolute Gasteiger partial charge is 0.317 e. The van der Waals surface area contributed by atoms with Crippen LogP contribution in [0.2, 0.25) is 0 Å². The van der Waals surface area contributed by atoms with Crippen molar-refractivity contribution in [1.82, 2.24) is 15.3 Å². The Hall–Kier alpha value is -1.55. The van der Waals surface area contributed by atoms with Gasteiger partial charge in [-0.2, -0.15) is 0 Å². The Kier molecular flexibility index (Phi) is 2.73. The molecule has 2 amide bonds. The van der Waals surface area contributed by atoms with E-state index in [2.05, 4.69) is 17.6 Å². The molecule has 3 rings (SSSR count). The van der Waals surface area contributed by atoms with Crippen LogP contribution in [0.25, 0.3) is 0 Å². The summed E-state index contributed by atoms with van der Waals surface area (Å²) >= 11 is 0. The molecule has 4 heteroatoms. The SMILES string of the molecule is O=C1N(Cc2ccccc2)C[C@H]2CCCNN12. The summed E-state index contributed by atoms with van der Waals surface area (Å²) in [4.78, 5) is 14.1. The summed E-state index contributed by atoms with van der Waals surface area (Å²) in [5.74, 6) is 0. The normalized spacial score (nSPS) is 24.0. The van der Waals surface area contributed by atoms with E-state index in [4.69, 9.17) is 0 Å². The van der Waals surface area contributed by atoms with E-state index in [0.717, 1.165) is 25.9 Å². The Bertz CT molecular complexity index is 406. The zero-order valence-electron chi connectivity index (χ0n) is 9.80. The summed E-state index contributed by atoms with van der Waals surface area (Å²) in [5.41, 5.74) is 4.38. The van der Waals surface area contributed by atoms with Gasteiger partial charge in [-0.1, -0.05) is 30.3 Å². The van der Waals surface area contributed by atoms with E-state index in [1.807, 2.05) is 28.1 Å². The highest BCUT2D eigenvalue weighted by Crippen LogP contribution is 2.22. The van der Waals surface area contributed by atoms with Gasteiger partial charge >= 0.3 is 6.03 Å². The van der Waals surface area contributed by atoms with Crippen molar-refractivity contribution in [3.05, 3.63) is 35.9 Å². The fourth-order valence-electron chi connectivity index (χ4n) is 2.61. The molecule has 1 aromatic carbocycles. The molecule has 0 unspecified atom stereocenters. The van der Waals surface area contributed by atoms with E-state index in [9.17, 15) is 4.79 Å². The van der Waals surface area contributed by atoms with E-state index in [-0.39, 0.29) is 6.03 Å². The molecule has 2 aliphatic rings.